The van der Waals surface area contributed by atoms with Gasteiger partial charge in [0.05, 0.1) is 6.20 Å². The molecule has 2 nitrogen and oxygen atoms in total. The van der Waals surface area contributed by atoms with Crippen LogP contribution >= 0.6 is 0 Å². The maximum Gasteiger partial charge on any atom is 0.254 e. The molecular formula is C15H15N2+. The molecule has 0 aliphatic rings. The van der Waals surface area contributed by atoms with Crippen molar-refractivity contribution in [1.82, 2.24) is 4.40 Å². The molecule has 0 radical (unpaired) electrons. The molecule has 0 amide bonds. The Balaban J connectivity index is 2.27. The Morgan fingerprint density at radius 1 is 0.941 bits per heavy atom. The standard InChI is InChI=1S/C15H15N2/c1-12-6-5-7-13(2)15(12)17-10-14-8-3-4-9-16(14)11-17/h3-11H,1-2H3/q+1. The Hall–Kier alpha value is -2.09. The number of hydrogen-bond donors (Lipinski definition) is 0. The van der Waals surface area contributed by atoms with Crippen molar-refractivity contribution in [2.24, 2.45) is 0 Å². The molecule has 2 heteroatoms. The van der Waals surface area contributed by atoms with Crippen molar-refractivity contribution in [3.05, 3.63) is 66.2 Å². The van der Waals surface area contributed by atoms with Crippen LogP contribution in [0, 0.1) is 13.8 Å². The summed E-state index contributed by atoms with van der Waals surface area (Å²) in [6, 6.07) is 12.6. The van der Waals surface area contributed by atoms with Gasteiger partial charge in [-0.1, -0.05) is 24.3 Å². The molecule has 0 unspecified atom stereocenters. The van der Waals surface area contributed by atoms with Crippen molar-refractivity contribution in [2.45, 2.75) is 13.8 Å². The number of imidazole rings is 1. The Morgan fingerprint density at radius 3 is 2.41 bits per heavy atom. The lowest BCUT2D eigenvalue weighted by Crippen LogP contribution is -2.29. The lowest BCUT2D eigenvalue weighted by molar-refractivity contribution is -0.594. The van der Waals surface area contributed by atoms with Gasteiger partial charge in [-0.2, -0.15) is 0 Å². The summed E-state index contributed by atoms with van der Waals surface area (Å²) in [6.07, 6.45) is 6.35. The summed E-state index contributed by atoms with van der Waals surface area (Å²) in [5, 5.41) is 0. The minimum Gasteiger partial charge on any atom is -0.202 e. The first-order valence-corrected chi connectivity index (χ1v) is 5.80. The molecule has 0 spiro atoms. The average Bonchev–Trinajstić information content (AvgIpc) is 2.71. The van der Waals surface area contributed by atoms with E-state index in [2.05, 4.69) is 71.9 Å². The molecule has 0 saturated carbocycles. The maximum absolute atomic E-state index is 2.19. The zero-order valence-electron chi connectivity index (χ0n) is 10.1. The predicted octanol–water partition coefficient (Wildman–Crippen LogP) is 2.83. The molecule has 0 bridgehead atoms. The fourth-order valence-corrected chi connectivity index (χ4v) is 2.33. The Bertz CT molecular complexity index is 627. The molecule has 84 valence electrons. The van der Waals surface area contributed by atoms with E-state index >= 15 is 0 Å². The molecule has 0 atom stereocenters. The van der Waals surface area contributed by atoms with Crippen molar-refractivity contribution >= 4 is 5.52 Å². The minimum absolute atomic E-state index is 1.20. The molecular weight excluding hydrogens is 208 g/mol. The summed E-state index contributed by atoms with van der Waals surface area (Å²) in [6.45, 7) is 4.30. The van der Waals surface area contributed by atoms with Crippen LogP contribution in [0.2, 0.25) is 0 Å². The van der Waals surface area contributed by atoms with Crippen LogP contribution < -0.4 is 4.57 Å². The van der Waals surface area contributed by atoms with Gasteiger partial charge in [0, 0.05) is 0 Å². The fourth-order valence-electron chi connectivity index (χ4n) is 2.33. The van der Waals surface area contributed by atoms with Crippen molar-refractivity contribution in [2.75, 3.05) is 0 Å². The van der Waals surface area contributed by atoms with E-state index in [9.17, 15) is 0 Å². The Morgan fingerprint density at radius 2 is 1.71 bits per heavy atom. The highest BCUT2D eigenvalue weighted by molar-refractivity contribution is 5.45. The fraction of sp³-hybridized carbons (Fsp3) is 0.133. The van der Waals surface area contributed by atoms with Gasteiger partial charge in [0.15, 0.2) is 5.52 Å². The van der Waals surface area contributed by atoms with Crippen LogP contribution in [0.4, 0.5) is 0 Å². The van der Waals surface area contributed by atoms with E-state index in [1.165, 1.54) is 22.3 Å². The highest BCUT2D eigenvalue weighted by atomic mass is 15.1. The first-order valence-electron chi connectivity index (χ1n) is 5.80. The Kier molecular flexibility index (Phi) is 2.22. The summed E-state index contributed by atoms with van der Waals surface area (Å²) >= 11 is 0. The molecule has 2 heterocycles. The summed E-state index contributed by atoms with van der Waals surface area (Å²) in [7, 11) is 0. The summed E-state index contributed by atoms with van der Waals surface area (Å²) < 4.78 is 4.33. The zero-order chi connectivity index (χ0) is 11.8. The highest BCUT2D eigenvalue weighted by Gasteiger charge is 2.12. The number of fused-ring (bicyclic) bond motifs is 1. The van der Waals surface area contributed by atoms with E-state index in [1.807, 2.05) is 6.07 Å². The van der Waals surface area contributed by atoms with E-state index < -0.39 is 0 Å². The van der Waals surface area contributed by atoms with Gasteiger partial charge in [0.1, 0.15) is 11.9 Å². The molecule has 0 saturated heterocycles. The number of para-hydroxylation sites is 1. The zero-order valence-corrected chi connectivity index (χ0v) is 10.1. The van der Waals surface area contributed by atoms with E-state index in [0.717, 1.165) is 0 Å². The lowest BCUT2D eigenvalue weighted by atomic mass is 10.1. The van der Waals surface area contributed by atoms with Crippen molar-refractivity contribution < 1.29 is 4.57 Å². The molecule has 1 aromatic carbocycles. The molecule has 2 aromatic heterocycles. The number of rotatable bonds is 1. The number of hydrogen-bond acceptors (Lipinski definition) is 0. The third-order valence-electron chi connectivity index (χ3n) is 3.14. The third-order valence-corrected chi connectivity index (χ3v) is 3.14. The number of aromatic nitrogens is 2. The number of nitrogens with zero attached hydrogens (tertiary/aromatic N) is 2. The van der Waals surface area contributed by atoms with Gasteiger partial charge in [-0.05, 0) is 37.1 Å². The Labute approximate surface area is 101 Å². The molecule has 17 heavy (non-hydrogen) atoms. The van der Waals surface area contributed by atoms with Crippen LogP contribution in [0.5, 0.6) is 0 Å². The quantitative estimate of drug-likeness (QED) is 0.561. The normalized spacial score (nSPS) is 10.9. The first kappa shape index (κ1) is 10.1. The van der Waals surface area contributed by atoms with Crippen LogP contribution in [0.1, 0.15) is 11.1 Å². The number of aryl methyl sites for hydroxylation is 2. The van der Waals surface area contributed by atoms with Gasteiger partial charge >= 0.3 is 0 Å². The smallest absolute Gasteiger partial charge is 0.202 e. The summed E-state index contributed by atoms with van der Waals surface area (Å²) in [5.74, 6) is 0. The second kappa shape index (κ2) is 3.74. The molecule has 0 N–H and O–H groups in total. The third kappa shape index (κ3) is 1.62. The first-order chi connectivity index (χ1) is 8.25. The summed E-state index contributed by atoms with van der Waals surface area (Å²) in [5.41, 5.74) is 5.07. The van der Waals surface area contributed by atoms with Crippen LogP contribution in [0.15, 0.2) is 55.1 Å². The van der Waals surface area contributed by atoms with Gasteiger partial charge in [0.2, 0.25) is 0 Å². The minimum atomic E-state index is 1.20. The molecule has 3 rings (SSSR count). The molecule has 0 aliphatic heterocycles. The highest BCUT2D eigenvalue weighted by Crippen LogP contribution is 2.13. The second-order valence-electron chi connectivity index (χ2n) is 4.43. The summed E-state index contributed by atoms with van der Waals surface area (Å²) in [4.78, 5) is 0. The number of benzene rings is 1. The van der Waals surface area contributed by atoms with Crippen LogP contribution in [0.25, 0.3) is 11.2 Å². The van der Waals surface area contributed by atoms with Gasteiger partial charge < -0.3 is 0 Å². The van der Waals surface area contributed by atoms with Crippen LogP contribution in [-0.4, -0.2) is 4.40 Å². The van der Waals surface area contributed by atoms with Gasteiger partial charge in [-0.3, -0.25) is 0 Å². The average molecular weight is 223 g/mol. The van der Waals surface area contributed by atoms with Crippen LogP contribution in [0.3, 0.4) is 0 Å². The SMILES string of the molecule is Cc1cccc(C)c1-[n+]1cc2ccccn2c1. The largest absolute Gasteiger partial charge is 0.254 e. The van der Waals surface area contributed by atoms with E-state index in [1.54, 1.807) is 0 Å². The lowest BCUT2D eigenvalue weighted by Gasteiger charge is -2.03. The van der Waals surface area contributed by atoms with Crippen LogP contribution in [-0.2, 0) is 0 Å². The second-order valence-corrected chi connectivity index (χ2v) is 4.43. The molecule has 3 aromatic rings. The topological polar surface area (TPSA) is 8.29 Å². The van der Waals surface area contributed by atoms with E-state index in [-0.39, 0.29) is 0 Å². The van der Waals surface area contributed by atoms with Crippen molar-refractivity contribution in [3.63, 3.8) is 0 Å². The van der Waals surface area contributed by atoms with Crippen molar-refractivity contribution in [1.29, 1.82) is 0 Å². The predicted molar refractivity (Wildman–Crippen MR) is 68.4 cm³/mol. The number of pyridine rings is 1. The van der Waals surface area contributed by atoms with Gasteiger partial charge in [-0.25, -0.2) is 8.97 Å². The molecule has 0 aliphatic carbocycles. The van der Waals surface area contributed by atoms with Gasteiger partial charge in [-0.15, -0.1) is 0 Å². The molecule has 0 fully saturated rings. The van der Waals surface area contributed by atoms with E-state index in [0.29, 0.717) is 0 Å². The maximum atomic E-state index is 2.19. The van der Waals surface area contributed by atoms with Gasteiger partial charge in [0.25, 0.3) is 6.33 Å². The monoisotopic (exact) mass is 223 g/mol. The van der Waals surface area contributed by atoms with E-state index in [4.69, 9.17) is 0 Å². The van der Waals surface area contributed by atoms with Crippen molar-refractivity contribution in [3.8, 4) is 5.69 Å².